The van der Waals surface area contributed by atoms with Crippen LogP contribution in [0, 0.1) is 12.3 Å². The normalized spacial score (nSPS) is 20.9. The van der Waals surface area contributed by atoms with Gasteiger partial charge >= 0.3 is 0 Å². The lowest BCUT2D eigenvalue weighted by molar-refractivity contribution is 0.0729. The molecule has 1 atom stereocenters. The summed E-state index contributed by atoms with van der Waals surface area (Å²) in [5.74, 6) is 2.37. The predicted octanol–water partition coefficient (Wildman–Crippen LogP) is 1.77. The van der Waals surface area contributed by atoms with Gasteiger partial charge < -0.3 is 4.90 Å². The number of nitrogens with zero attached hydrogens (tertiary/aromatic N) is 1. The average Bonchev–Trinajstić information content (AvgIpc) is 2.91. The Bertz CT molecular complexity index is 630. The standard InChI is InChI=1S/C12H12BrNO3S2/c1-2-6-14(9-5-7-19(16,17)8-9)12(15)10-3-4-11(13)18-10/h1,3-4,9H,5-8H2. The maximum atomic E-state index is 12.4. The number of terminal acetylenes is 1. The molecule has 0 aromatic carbocycles. The molecular formula is C12H12BrNO3S2. The molecule has 4 nitrogen and oxygen atoms in total. The zero-order valence-corrected chi connectivity index (χ0v) is 13.2. The minimum atomic E-state index is -3.04. The molecule has 0 spiro atoms. The zero-order chi connectivity index (χ0) is 14.0. The van der Waals surface area contributed by atoms with E-state index in [-0.39, 0.29) is 30.0 Å². The van der Waals surface area contributed by atoms with Crippen molar-refractivity contribution in [3.8, 4) is 12.3 Å². The molecule has 19 heavy (non-hydrogen) atoms. The Balaban J connectivity index is 2.21. The summed E-state index contributed by atoms with van der Waals surface area (Å²) in [7, 11) is -3.04. The van der Waals surface area contributed by atoms with Gasteiger partial charge in [0.1, 0.15) is 0 Å². The summed E-state index contributed by atoms with van der Waals surface area (Å²) in [6.45, 7) is 0.133. The van der Waals surface area contributed by atoms with Gasteiger partial charge in [-0.3, -0.25) is 4.79 Å². The largest absolute Gasteiger partial charge is 0.323 e. The SMILES string of the molecule is C#CCN(C(=O)c1ccc(Br)s1)C1CCS(=O)(=O)C1. The van der Waals surface area contributed by atoms with E-state index >= 15 is 0 Å². The maximum absolute atomic E-state index is 12.4. The van der Waals surface area contributed by atoms with Crippen molar-refractivity contribution in [3.05, 3.63) is 20.8 Å². The van der Waals surface area contributed by atoms with Crippen LogP contribution in [0.3, 0.4) is 0 Å². The number of amides is 1. The monoisotopic (exact) mass is 361 g/mol. The molecule has 102 valence electrons. The van der Waals surface area contributed by atoms with Crippen LogP contribution in [0.1, 0.15) is 16.1 Å². The van der Waals surface area contributed by atoms with Crippen molar-refractivity contribution in [2.45, 2.75) is 12.5 Å². The molecule has 0 saturated carbocycles. The predicted molar refractivity (Wildman–Crippen MR) is 78.9 cm³/mol. The Labute approximate surface area is 124 Å². The van der Waals surface area contributed by atoms with E-state index in [0.29, 0.717) is 11.3 Å². The zero-order valence-electron chi connectivity index (χ0n) is 10.0. The summed E-state index contributed by atoms with van der Waals surface area (Å²) >= 11 is 4.62. The van der Waals surface area contributed by atoms with Crippen molar-refractivity contribution in [1.29, 1.82) is 0 Å². The number of hydrogen-bond donors (Lipinski definition) is 0. The van der Waals surface area contributed by atoms with E-state index in [1.54, 1.807) is 12.1 Å². The highest BCUT2D eigenvalue weighted by molar-refractivity contribution is 9.11. The molecule has 1 aliphatic heterocycles. The van der Waals surface area contributed by atoms with E-state index in [9.17, 15) is 13.2 Å². The van der Waals surface area contributed by atoms with Gasteiger partial charge in [0.15, 0.2) is 9.84 Å². The first kappa shape index (κ1) is 14.6. The van der Waals surface area contributed by atoms with Crippen LogP contribution >= 0.6 is 27.3 Å². The Morgan fingerprint density at radius 1 is 1.58 bits per heavy atom. The molecule has 1 unspecified atom stereocenters. The molecule has 1 saturated heterocycles. The van der Waals surface area contributed by atoms with Crippen molar-refractivity contribution in [2.75, 3.05) is 18.1 Å². The van der Waals surface area contributed by atoms with Gasteiger partial charge in [-0.2, -0.15) is 0 Å². The molecule has 2 rings (SSSR count). The third-order valence-corrected chi connectivity index (χ3v) is 6.32. The van der Waals surface area contributed by atoms with Crippen LogP contribution in [0.4, 0.5) is 0 Å². The summed E-state index contributed by atoms with van der Waals surface area (Å²) in [5.41, 5.74) is 0. The minimum Gasteiger partial charge on any atom is -0.323 e. The Hall–Kier alpha value is -0.840. The molecular weight excluding hydrogens is 350 g/mol. The fraction of sp³-hybridized carbons (Fsp3) is 0.417. The smallest absolute Gasteiger partial charge is 0.265 e. The molecule has 1 aliphatic rings. The van der Waals surface area contributed by atoms with Crippen LogP contribution in [-0.4, -0.2) is 43.3 Å². The molecule has 1 aromatic heterocycles. The molecule has 0 bridgehead atoms. The lowest BCUT2D eigenvalue weighted by Crippen LogP contribution is -2.41. The highest BCUT2D eigenvalue weighted by atomic mass is 79.9. The molecule has 1 fully saturated rings. The first-order valence-electron chi connectivity index (χ1n) is 5.63. The van der Waals surface area contributed by atoms with Crippen molar-refractivity contribution in [3.63, 3.8) is 0 Å². The van der Waals surface area contributed by atoms with Crippen molar-refractivity contribution in [2.24, 2.45) is 0 Å². The molecule has 0 aliphatic carbocycles. The number of halogens is 1. The van der Waals surface area contributed by atoms with Gasteiger partial charge in [0, 0.05) is 6.04 Å². The van der Waals surface area contributed by atoms with Crippen LogP contribution in [0.15, 0.2) is 15.9 Å². The lowest BCUT2D eigenvalue weighted by Gasteiger charge is -2.25. The van der Waals surface area contributed by atoms with Crippen molar-refractivity contribution < 1.29 is 13.2 Å². The number of rotatable bonds is 3. The van der Waals surface area contributed by atoms with Gasteiger partial charge in [-0.25, -0.2) is 8.42 Å². The Morgan fingerprint density at radius 2 is 2.32 bits per heavy atom. The van der Waals surface area contributed by atoms with Gasteiger partial charge in [0.25, 0.3) is 5.91 Å². The second-order valence-corrected chi connectivity index (χ2v) is 8.99. The average molecular weight is 362 g/mol. The molecule has 7 heteroatoms. The fourth-order valence-corrected chi connectivity index (χ4v) is 5.13. The Kier molecular flexibility index (Phi) is 4.33. The van der Waals surface area contributed by atoms with Crippen LogP contribution in [0.5, 0.6) is 0 Å². The number of sulfone groups is 1. The number of carbonyl (C=O) groups excluding carboxylic acids is 1. The second kappa shape index (κ2) is 5.65. The summed E-state index contributed by atoms with van der Waals surface area (Å²) in [6.07, 6.45) is 5.75. The highest BCUT2D eigenvalue weighted by Gasteiger charge is 2.34. The van der Waals surface area contributed by atoms with Gasteiger partial charge in [0.05, 0.1) is 26.7 Å². The third kappa shape index (κ3) is 3.38. The van der Waals surface area contributed by atoms with Gasteiger partial charge in [0.2, 0.25) is 0 Å². The molecule has 1 amide bonds. The summed E-state index contributed by atoms with van der Waals surface area (Å²) in [5, 5.41) is 0. The van der Waals surface area contributed by atoms with Crippen LogP contribution in [0.25, 0.3) is 0 Å². The maximum Gasteiger partial charge on any atom is 0.265 e. The van der Waals surface area contributed by atoms with E-state index < -0.39 is 9.84 Å². The fourth-order valence-electron chi connectivity index (χ4n) is 2.06. The second-order valence-electron chi connectivity index (χ2n) is 4.30. The third-order valence-electron chi connectivity index (χ3n) is 2.96. The van der Waals surface area contributed by atoms with Crippen molar-refractivity contribution in [1.82, 2.24) is 4.90 Å². The topological polar surface area (TPSA) is 54.5 Å². The molecule has 2 heterocycles. The van der Waals surface area contributed by atoms with Crippen LogP contribution in [0.2, 0.25) is 0 Å². The number of thiophene rings is 1. The van der Waals surface area contributed by atoms with Crippen LogP contribution < -0.4 is 0 Å². The van der Waals surface area contributed by atoms with E-state index in [1.165, 1.54) is 16.2 Å². The molecule has 0 radical (unpaired) electrons. The quantitative estimate of drug-likeness (QED) is 0.771. The van der Waals surface area contributed by atoms with Crippen molar-refractivity contribution >= 4 is 43.0 Å². The first-order chi connectivity index (χ1) is 8.93. The highest BCUT2D eigenvalue weighted by Crippen LogP contribution is 2.26. The number of carbonyl (C=O) groups is 1. The van der Waals surface area contributed by atoms with E-state index in [1.807, 2.05) is 0 Å². The summed E-state index contributed by atoms with van der Waals surface area (Å²) in [4.78, 5) is 14.4. The van der Waals surface area contributed by atoms with Gasteiger partial charge in [-0.05, 0) is 34.5 Å². The molecule has 0 N–H and O–H groups in total. The van der Waals surface area contributed by atoms with E-state index in [0.717, 1.165) is 3.79 Å². The first-order valence-corrected chi connectivity index (χ1v) is 9.06. The summed E-state index contributed by atoms with van der Waals surface area (Å²) < 4.78 is 23.9. The number of hydrogen-bond acceptors (Lipinski definition) is 4. The lowest BCUT2D eigenvalue weighted by atomic mass is 10.2. The van der Waals surface area contributed by atoms with E-state index in [2.05, 4.69) is 21.9 Å². The van der Waals surface area contributed by atoms with E-state index in [4.69, 9.17) is 6.42 Å². The summed E-state index contributed by atoms with van der Waals surface area (Å²) in [6, 6.07) is 3.19. The molecule has 1 aromatic rings. The van der Waals surface area contributed by atoms with Gasteiger partial charge in [-0.1, -0.05) is 5.92 Å². The van der Waals surface area contributed by atoms with Crippen LogP contribution in [-0.2, 0) is 9.84 Å². The Morgan fingerprint density at radius 3 is 2.79 bits per heavy atom. The minimum absolute atomic E-state index is 0.00691. The van der Waals surface area contributed by atoms with Gasteiger partial charge in [-0.15, -0.1) is 17.8 Å².